The number of benzene rings is 2. The number of esters is 1. The third kappa shape index (κ3) is 3.91. The Kier molecular flexibility index (Phi) is 5.12. The van der Waals surface area contributed by atoms with Crippen molar-refractivity contribution in [2.24, 2.45) is 0 Å². The molecule has 0 aliphatic carbocycles. The van der Waals surface area contributed by atoms with Gasteiger partial charge in [-0.25, -0.2) is 4.79 Å². The first-order chi connectivity index (χ1) is 9.99. The highest BCUT2D eigenvalue weighted by Crippen LogP contribution is 2.15. The van der Waals surface area contributed by atoms with Crippen LogP contribution < -0.4 is 0 Å². The number of rotatable bonds is 4. The average molecular weight is 394 g/mol. The summed E-state index contributed by atoms with van der Waals surface area (Å²) in [7, 11) is 0. The van der Waals surface area contributed by atoms with Gasteiger partial charge < -0.3 is 4.74 Å². The molecule has 0 unspecified atom stereocenters. The monoisotopic (exact) mass is 394 g/mol. The number of hydrogen-bond donors (Lipinski definition) is 0. The molecule has 0 aliphatic rings. The summed E-state index contributed by atoms with van der Waals surface area (Å²) in [6, 6.07) is 14.3. The molecule has 0 N–H and O–H groups in total. The summed E-state index contributed by atoms with van der Waals surface area (Å²) >= 11 is 2.07. The van der Waals surface area contributed by atoms with E-state index in [1.807, 2.05) is 31.2 Å². The predicted molar refractivity (Wildman–Crippen MR) is 89.5 cm³/mol. The van der Waals surface area contributed by atoms with Gasteiger partial charge in [0.25, 0.3) is 0 Å². The number of halogens is 1. The van der Waals surface area contributed by atoms with Gasteiger partial charge in [0.15, 0.2) is 6.10 Å². The molecule has 21 heavy (non-hydrogen) atoms. The van der Waals surface area contributed by atoms with Gasteiger partial charge in [-0.05, 0) is 48.6 Å². The third-order valence-electron chi connectivity index (χ3n) is 3.08. The summed E-state index contributed by atoms with van der Waals surface area (Å²) in [6.45, 7) is 3.55. The van der Waals surface area contributed by atoms with Crippen molar-refractivity contribution in [2.45, 2.75) is 20.0 Å². The van der Waals surface area contributed by atoms with E-state index < -0.39 is 12.1 Å². The van der Waals surface area contributed by atoms with Crippen molar-refractivity contribution in [3.05, 3.63) is 68.8 Å². The number of hydrogen-bond acceptors (Lipinski definition) is 3. The van der Waals surface area contributed by atoms with E-state index in [-0.39, 0.29) is 5.78 Å². The first-order valence-corrected chi connectivity index (χ1v) is 7.63. The van der Waals surface area contributed by atoms with Crippen LogP contribution in [0.1, 0.15) is 33.2 Å². The quantitative estimate of drug-likeness (QED) is 0.447. The van der Waals surface area contributed by atoms with Gasteiger partial charge in [-0.15, -0.1) is 0 Å². The Hall–Kier alpha value is -1.69. The normalized spacial score (nSPS) is 11.8. The van der Waals surface area contributed by atoms with Crippen molar-refractivity contribution < 1.29 is 14.3 Å². The lowest BCUT2D eigenvalue weighted by molar-refractivity contribution is 0.0318. The smallest absolute Gasteiger partial charge is 0.339 e. The number of carbonyl (C=O) groups excluding carboxylic acids is 2. The fraction of sp³-hybridized carbons (Fsp3) is 0.176. The van der Waals surface area contributed by atoms with E-state index in [2.05, 4.69) is 22.6 Å². The number of carbonyl (C=O) groups is 2. The van der Waals surface area contributed by atoms with E-state index in [0.717, 1.165) is 9.13 Å². The van der Waals surface area contributed by atoms with Crippen molar-refractivity contribution in [1.82, 2.24) is 0 Å². The van der Waals surface area contributed by atoms with Crippen LogP contribution in [0, 0.1) is 10.5 Å². The molecule has 0 aliphatic heterocycles. The molecule has 0 amide bonds. The van der Waals surface area contributed by atoms with Crippen molar-refractivity contribution in [3.63, 3.8) is 0 Å². The van der Waals surface area contributed by atoms with E-state index in [9.17, 15) is 9.59 Å². The van der Waals surface area contributed by atoms with Crippen LogP contribution in [0.3, 0.4) is 0 Å². The molecule has 0 aromatic heterocycles. The summed E-state index contributed by atoms with van der Waals surface area (Å²) in [4.78, 5) is 24.3. The van der Waals surface area contributed by atoms with Gasteiger partial charge >= 0.3 is 5.97 Å². The zero-order valence-electron chi connectivity index (χ0n) is 11.8. The molecule has 2 aromatic carbocycles. The third-order valence-corrected chi connectivity index (χ3v) is 4.02. The number of ether oxygens (including phenoxy) is 1. The standard InChI is InChI=1S/C17H15IO3/c1-11-7-9-13(10-8-11)16(19)12(2)21-17(20)14-5-3-4-6-15(14)18/h3-10,12H,1-2H3/t12-/m0/s1. The summed E-state index contributed by atoms with van der Waals surface area (Å²) in [5, 5.41) is 0. The zero-order valence-corrected chi connectivity index (χ0v) is 14.0. The highest BCUT2D eigenvalue weighted by Gasteiger charge is 2.21. The minimum atomic E-state index is -0.809. The second-order valence-corrected chi connectivity index (χ2v) is 5.92. The molecule has 2 aromatic rings. The maximum absolute atomic E-state index is 12.2. The van der Waals surface area contributed by atoms with E-state index in [1.54, 1.807) is 31.2 Å². The molecule has 0 spiro atoms. The highest BCUT2D eigenvalue weighted by atomic mass is 127. The fourth-order valence-electron chi connectivity index (χ4n) is 1.86. The van der Waals surface area contributed by atoms with E-state index in [4.69, 9.17) is 4.74 Å². The van der Waals surface area contributed by atoms with Gasteiger partial charge in [0.05, 0.1) is 5.56 Å². The molecule has 0 saturated carbocycles. The second kappa shape index (κ2) is 6.85. The van der Waals surface area contributed by atoms with E-state index >= 15 is 0 Å². The van der Waals surface area contributed by atoms with Gasteiger partial charge in [0, 0.05) is 9.13 Å². The molecule has 0 fully saturated rings. The Balaban J connectivity index is 2.09. The highest BCUT2D eigenvalue weighted by molar-refractivity contribution is 14.1. The van der Waals surface area contributed by atoms with Crippen LogP contribution in [0.4, 0.5) is 0 Å². The molecule has 0 saturated heterocycles. The summed E-state index contributed by atoms with van der Waals surface area (Å²) < 4.78 is 6.07. The maximum atomic E-state index is 12.2. The summed E-state index contributed by atoms with van der Waals surface area (Å²) in [5.74, 6) is -0.678. The molecule has 4 heteroatoms. The molecule has 2 rings (SSSR count). The minimum absolute atomic E-state index is 0.200. The van der Waals surface area contributed by atoms with Crippen molar-refractivity contribution in [3.8, 4) is 0 Å². The Morgan fingerprint density at radius 3 is 2.29 bits per heavy atom. The largest absolute Gasteiger partial charge is 0.451 e. The van der Waals surface area contributed by atoms with Crippen molar-refractivity contribution in [1.29, 1.82) is 0 Å². The maximum Gasteiger partial charge on any atom is 0.339 e. The lowest BCUT2D eigenvalue weighted by Gasteiger charge is -2.13. The lowest BCUT2D eigenvalue weighted by Crippen LogP contribution is -2.24. The number of aryl methyl sites for hydroxylation is 1. The number of Topliss-reactive ketones (excluding diaryl/α,β-unsaturated/α-hetero) is 1. The Morgan fingerprint density at radius 2 is 1.67 bits per heavy atom. The zero-order chi connectivity index (χ0) is 15.4. The van der Waals surface area contributed by atoms with Crippen molar-refractivity contribution >= 4 is 34.3 Å². The van der Waals surface area contributed by atoms with Gasteiger partial charge in [-0.1, -0.05) is 42.0 Å². The molecular formula is C17H15IO3. The van der Waals surface area contributed by atoms with Crippen molar-refractivity contribution in [2.75, 3.05) is 0 Å². The molecule has 3 nitrogen and oxygen atoms in total. The van der Waals surface area contributed by atoms with Gasteiger partial charge in [0.2, 0.25) is 5.78 Å². The van der Waals surface area contributed by atoms with Crippen LogP contribution in [-0.2, 0) is 4.74 Å². The molecule has 0 radical (unpaired) electrons. The Bertz CT molecular complexity index is 662. The van der Waals surface area contributed by atoms with Crippen LogP contribution in [0.5, 0.6) is 0 Å². The van der Waals surface area contributed by atoms with Crippen LogP contribution in [-0.4, -0.2) is 17.9 Å². The van der Waals surface area contributed by atoms with Crippen LogP contribution in [0.25, 0.3) is 0 Å². The van der Waals surface area contributed by atoms with E-state index in [0.29, 0.717) is 11.1 Å². The summed E-state index contributed by atoms with van der Waals surface area (Å²) in [6.07, 6.45) is -0.809. The summed E-state index contributed by atoms with van der Waals surface area (Å²) in [5.41, 5.74) is 2.10. The molecule has 108 valence electrons. The average Bonchev–Trinajstić information content (AvgIpc) is 2.47. The molecule has 0 bridgehead atoms. The second-order valence-electron chi connectivity index (χ2n) is 4.76. The van der Waals surface area contributed by atoms with Gasteiger partial charge in [-0.2, -0.15) is 0 Å². The topological polar surface area (TPSA) is 43.4 Å². The first kappa shape index (κ1) is 15.7. The SMILES string of the molecule is Cc1ccc(C(=O)[C@H](C)OC(=O)c2ccccc2I)cc1. The molecule has 0 heterocycles. The molecule has 1 atom stereocenters. The van der Waals surface area contributed by atoms with Gasteiger partial charge in [-0.3, -0.25) is 4.79 Å². The molecular weight excluding hydrogens is 379 g/mol. The first-order valence-electron chi connectivity index (χ1n) is 6.55. The van der Waals surface area contributed by atoms with Crippen LogP contribution in [0.2, 0.25) is 0 Å². The predicted octanol–water partition coefficient (Wildman–Crippen LogP) is 4.03. The van der Waals surface area contributed by atoms with Crippen LogP contribution >= 0.6 is 22.6 Å². The lowest BCUT2D eigenvalue weighted by atomic mass is 10.1. The van der Waals surface area contributed by atoms with E-state index in [1.165, 1.54) is 0 Å². The minimum Gasteiger partial charge on any atom is -0.451 e. The fourth-order valence-corrected chi connectivity index (χ4v) is 2.46. The van der Waals surface area contributed by atoms with Crippen LogP contribution in [0.15, 0.2) is 48.5 Å². The Morgan fingerprint density at radius 1 is 1.05 bits per heavy atom. The van der Waals surface area contributed by atoms with Gasteiger partial charge in [0.1, 0.15) is 0 Å². The number of ketones is 1. The Labute approximate surface area is 137 Å².